The van der Waals surface area contributed by atoms with Crippen molar-refractivity contribution < 1.29 is 13.2 Å². The first-order valence-corrected chi connectivity index (χ1v) is 11.6. The van der Waals surface area contributed by atoms with Gasteiger partial charge in [0.15, 0.2) is 5.96 Å². The highest BCUT2D eigenvalue weighted by atomic mass is 32.2. The molecule has 0 saturated heterocycles. The second-order valence-electron chi connectivity index (χ2n) is 6.92. The van der Waals surface area contributed by atoms with Crippen LogP contribution in [0.3, 0.4) is 0 Å². The van der Waals surface area contributed by atoms with Gasteiger partial charge in [-0.15, -0.1) is 0 Å². The Bertz CT molecular complexity index is 1130. The van der Waals surface area contributed by atoms with Crippen molar-refractivity contribution in [2.45, 2.75) is 17.9 Å². The molecule has 0 bridgehead atoms. The van der Waals surface area contributed by atoms with Crippen LogP contribution in [0.1, 0.15) is 12.0 Å². The Balaban J connectivity index is 1.39. The van der Waals surface area contributed by atoms with Crippen LogP contribution in [0.5, 0.6) is 5.75 Å². The Labute approximate surface area is 183 Å². The van der Waals surface area contributed by atoms with Crippen LogP contribution < -0.4 is 20.1 Å². The van der Waals surface area contributed by atoms with Crippen molar-refractivity contribution >= 4 is 26.8 Å². The summed E-state index contributed by atoms with van der Waals surface area (Å²) in [7, 11) is -0.310. The average Bonchev–Trinajstić information content (AvgIpc) is 2.81. The maximum Gasteiger partial charge on any atom is 0.240 e. The Kier molecular flexibility index (Phi) is 7.86. The van der Waals surface area contributed by atoms with Crippen molar-refractivity contribution in [2.75, 3.05) is 27.2 Å². The van der Waals surface area contributed by atoms with Gasteiger partial charge in [-0.3, -0.25) is 4.99 Å². The molecule has 0 spiro atoms. The van der Waals surface area contributed by atoms with E-state index in [-0.39, 0.29) is 4.90 Å². The van der Waals surface area contributed by atoms with E-state index in [1.54, 1.807) is 31.3 Å². The molecule has 0 saturated carbocycles. The van der Waals surface area contributed by atoms with Crippen LogP contribution in [0.2, 0.25) is 0 Å². The smallest absolute Gasteiger partial charge is 0.240 e. The number of rotatable bonds is 9. The first-order chi connectivity index (χ1) is 15.0. The van der Waals surface area contributed by atoms with E-state index in [2.05, 4.69) is 44.6 Å². The molecule has 0 atom stereocenters. The molecule has 8 heteroatoms. The molecular formula is C23H28N4O3S. The van der Waals surface area contributed by atoms with Crippen LogP contribution in [0.25, 0.3) is 10.8 Å². The SMILES string of the molecule is CN=C(NCCCOc1ccc2ccccc2c1)NCc1ccc(S(=O)(=O)NC)cc1. The number of aliphatic imine (C=N–C) groups is 1. The minimum atomic E-state index is -3.42. The lowest BCUT2D eigenvalue weighted by Crippen LogP contribution is -2.37. The second-order valence-corrected chi connectivity index (χ2v) is 8.80. The normalized spacial score (nSPS) is 12.0. The standard InChI is InChI=1S/C23H28N4O3S/c1-24-23(27-17-18-8-12-22(13-9-18)31(28,29)25-2)26-14-5-15-30-21-11-10-19-6-3-4-7-20(19)16-21/h3-4,6-13,16,25H,5,14-15,17H2,1-2H3,(H2,24,26,27). The molecule has 0 aliphatic heterocycles. The molecule has 0 aliphatic rings. The number of ether oxygens (including phenoxy) is 1. The van der Waals surface area contributed by atoms with Crippen molar-refractivity contribution in [3.8, 4) is 5.75 Å². The van der Waals surface area contributed by atoms with Crippen LogP contribution in [-0.2, 0) is 16.6 Å². The van der Waals surface area contributed by atoms with Crippen LogP contribution in [0.15, 0.2) is 76.6 Å². The minimum absolute atomic E-state index is 0.243. The Morgan fingerprint density at radius 3 is 2.42 bits per heavy atom. The van der Waals surface area contributed by atoms with Crippen molar-refractivity contribution in [1.82, 2.24) is 15.4 Å². The number of hydrogen-bond acceptors (Lipinski definition) is 4. The molecule has 0 amide bonds. The summed E-state index contributed by atoms with van der Waals surface area (Å²) >= 11 is 0. The molecule has 31 heavy (non-hydrogen) atoms. The summed E-state index contributed by atoms with van der Waals surface area (Å²) < 4.78 is 31.7. The summed E-state index contributed by atoms with van der Waals surface area (Å²) in [6.07, 6.45) is 0.824. The number of hydrogen-bond donors (Lipinski definition) is 3. The molecule has 0 aromatic heterocycles. The lowest BCUT2D eigenvalue weighted by Gasteiger charge is -2.13. The third-order valence-electron chi connectivity index (χ3n) is 4.79. The van der Waals surface area contributed by atoms with Gasteiger partial charge in [0.05, 0.1) is 11.5 Å². The zero-order valence-electron chi connectivity index (χ0n) is 17.8. The van der Waals surface area contributed by atoms with Crippen molar-refractivity contribution in [2.24, 2.45) is 4.99 Å². The van der Waals surface area contributed by atoms with Crippen molar-refractivity contribution in [3.05, 3.63) is 72.3 Å². The lowest BCUT2D eigenvalue weighted by atomic mass is 10.1. The highest BCUT2D eigenvalue weighted by Crippen LogP contribution is 2.20. The molecule has 3 aromatic carbocycles. The van der Waals surface area contributed by atoms with E-state index in [4.69, 9.17) is 4.74 Å². The van der Waals surface area contributed by atoms with Crippen LogP contribution >= 0.6 is 0 Å². The number of benzene rings is 3. The second kappa shape index (κ2) is 10.8. The first-order valence-electron chi connectivity index (χ1n) is 10.1. The summed E-state index contributed by atoms with van der Waals surface area (Å²) in [6.45, 7) is 1.85. The van der Waals surface area contributed by atoms with Gasteiger partial charge in [0.1, 0.15) is 5.75 Å². The van der Waals surface area contributed by atoms with E-state index in [1.807, 2.05) is 18.2 Å². The maximum absolute atomic E-state index is 11.8. The average molecular weight is 441 g/mol. The zero-order valence-corrected chi connectivity index (χ0v) is 18.6. The lowest BCUT2D eigenvalue weighted by molar-refractivity contribution is 0.311. The van der Waals surface area contributed by atoms with Gasteiger partial charge in [0, 0.05) is 20.1 Å². The minimum Gasteiger partial charge on any atom is -0.494 e. The van der Waals surface area contributed by atoms with E-state index in [0.29, 0.717) is 25.7 Å². The van der Waals surface area contributed by atoms with Gasteiger partial charge in [-0.1, -0.05) is 42.5 Å². The maximum atomic E-state index is 11.8. The highest BCUT2D eigenvalue weighted by Gasteiger charge is 2.10. The molecule has 3 N–H and O–H groups in total. The van der Waals surface area contributed by atoms with E-state index in [9.17, 15) is 8.42 Å². The molecule has 3 rings (SSSR count). The molecule has 3 aromatic rings. The number of fused-ring (bicyclic) bond motifs is 1. The summed E-state index contributed by atoms with van der Waals surface area (Å²) in [5, 5.41) is 8.84. The Morgan fingerprint density at radius 1 is 0.968 bits per heavy atom. The molecule has 0 heterocycles. The fourth-order valence-corrected chi connectivity index (χ4v) is 3.77. The Hall–Kier alpha value is -3.10. The van der Waals surface area contributed by atoms with E-state index in [0.717, 1.165) is 17.7 Å². The van der Waals surface area contributed by atoms with E-state index < -0.39 is 10.0 Å². The van der Waals surface area contributed by atoms with Crippen molar-refractivity contribution in [3.63, 3.8) is 0 Å². The molecule has 0 radical (unpaired) electrons. The molecular weight excluding hydrogens is 412 g/mol. The van der Waals surface area contributed by atoms with Gasteiger partial charge in [0.25, 0.3) is 0 Å². The van der Waals surface area contributed by atoms with Gasteiger partial charge in [0.2, 0.25) is 10.0 Å². The molecule has 7 nitrogen and oxygen atoms in total. The molecule has 0 fully saturated rings. The predicted octanol–water partition coefficient (Wildman–Crippen LogP) is 2.88. The summed E-state index contributed by atoms with van der Waals surface area (Å²) in [5.41, 5.74) is 0.956. The number of sulfonamides is 1. The third-order valence-corrected chi connectivity index (χ3v) is 6.22. The van der Waals surface area contributed by atoms with Crippen LogP contribution in [0, 0.1) is 0 Å². The molecule has 0 unspecified atom stereocenters. The van der Waals surface area contributed by atoms with Crippen LogP contribution in [0.4, 0.5) is 0 Å². The first kappa shape index (κ1) is 22.6. The third kappa shape index (κ3) is 6.44. The highest BCUT2D eigenvalue weighted by molar-refractivity contribution is 7.89. The fraction of sp³-hybridized carbons (Fsp3) is 0.261. The van der Waals surface area contributed by atoms with Gasteiger partial charge < -0.3 is 15.4 Å². The monoisotopic (exact) mass is 440 g/mol. The van der Waals surface area contributed by atoms with E-state index >= 15 is 0 Å². The molecule has 164 valence electrons. The summed E-state index contributed by atoms with van der Waals surface area (Å²) in [4.78, 5) is 4.45. The summed E-state index contributed by atoms with van der Waals surface area (Å²) in [6, 6.07) is 21.0. The number of nitrogens with zero attached hydrogens (tertiary/aromatic N) is 1. The van der Waals surface area contributed by atoms with Gasteiger partial charge >= 0.3 is 0 Å². The Morgan fingerprint density at radius 2 is 1.71 bits per heavy atom. The molecule has 0 aliphatic carbocycles. The number of guanidine groups is 1. The van der Waals surface area contributed by atoms with Gasteiger partial charge in [-0.2, -0.15) is 0 Å². The number of nitrogens with one attached hydrogen (secondary N) is 3. The van der Waals surface area contributed by atoms with Gasteiger partial charge in [-0.25, -0.2) is 13.1 Å². The van der Waals surface area contributed by atoms with Crippen LogP contribution in [-0.4, -0.2) is 41.6 Å². The van der Waals surface area contributed by atoms with E-state index in [1.165, 1.54) is 17.8 Å². The quantitative estimate of drug-likeness (QED) is 0.270. The topological polar surface area (TPSA) is 91.8 Å². The summed E-state index contributed by atoms with van der Waals surface area (Å²) in [5.74, 6) is 1.54. The predicted molar refractivity (Wildman–Crippen MR) is 125 cm³/mol. The zero-order chi connectivity index (χ0) is 22.1. The van der Waals surface area contributed by atoms with Crippen molar-refractivity contribution in [1.29, 1.82) is 0 Å². The van der Waals surface area contributed by atoms with Gasteiger partial charge in [-0.05, 0) is 54.1 Å². The fourth-order valence-electron chi connectivity index (χ4n) is 3.04. The largest absolute Gasteiger partial charge is 0.494 e.